The molecular formula is C34H30BN3O2. The standard InChI is InChI=1S/C34H30BN3O2/c1-33(2,3)23-15-21(19-36)31-29(17-23)40-30-18-24(34(4,5)6)16-22(20-37)32(30)38(31)35-25-11-7-9-13-27(25)39-28-14-10-8-12-26(28)35/h7-18H,1-6H3. The molecule has 2 heterocycles. The van der Waals surface area contributed by atoms with Crippen LogP contribution < -0.4 is 25.2 Å². The number of rotatable bonds is 1. The lowest BCUT2D eigenvalue weighted by Crippen LogP contribution is -2.58. The number of anilines is 2. The molecule has 0 amide bonds. The summed E-state index contributed by atoms with van der Waals surface area (Å²) in [7, 11) is 0. The van der Waals surface area contributed by atoms with E-state index in [-0.39, 0.29) is 17.7 Å². The third-order valence-corrected chi connectivity index (χ3v) is 7.73. The van der Waals surface area contributed by atoms with Gasteiger partial charge in [0.2, 0.25) is 0 Å². The Morgan fingerprint density at radius 3 is 1.40 bits per heavy atom. The SMILES string of the molecule is CC(C)(C)c1cc(C#N)c2c(c1)Oc1cc(C(C)(C)C)cc(C#N)c1N2B1c2ccccc2Oc2ccccc21. The van der Waals surface area contributed by atoms with Crippen LogP contribution in [0.2, 0.25) is 0 Å². The predicted molar refractivity (Wildman–Crippen MR) is 160 cm³/mol. The minimum atomic E-state index is -0.359. The van der Waals surface area contributed by atoms with Crippen LogP contribution in [0.25, 0.3) is 0 Å². The molecule has 0 bridgehead atoms. The van der Waals surface area contributed by atoms with Crippen LogP contribution in [0.15, 0.2) is 72.8 Å². The molecule has 0 saturated carbocycles. The van der Waals surface area contributed by atoms with Gasteiger partial charge in [-0.05, 0) is 69.3 Å². The number of para-hydroxylation sites is 2. The fourth-order valence-electron chi connectivity index (χ4n) is 5.56. The number of hydrogen-bond acceptors (Lipinski definition) is 5. The molecule has 2 aliphatic rings. The maximum atomic E-state index is 10.5. The highest BCUT2D eigenvalue weighted by Crippen LogP contribution is 2.53. The van der Waals surface area contributed by atoms with Gasteiger partial charge in [-0.2, -0.15) is 10.5 Å². The Bertz CT molecular complexity index is 1640. The van der Waals surface area contributed by atoms with Crippen molar-refractivity contribution in [2.75, 3.05) is 4.81 Å². The van der Waals surface area contributed by atoms with E-state index in [1.807, 2.05) is 60.7 Å². The molecule has 6 heteroatoms. The number of ether oxygens (including phenoxy) is 2. The average molecular weight is 523 g/mol. The molecule has 0 unspecified atom stereocenters. The van der Waals surface area contributed by atoms with E-state index in [1.165, 1.54) is 0 Å². The van der Waals surface area contributed by atoms with Crippen LogP contribution in [-0.4, -0.2) is 6.85 Å². The van der Waals surface area contributed by atoms with Gasteiger partial charge in [0.1, 0.15) is 23.6 Å². The molecular weight excluding hydrogens is 493 g/mol. The van der Waals surface area contributed by atoms with Crippen molar-refractivity contribution in [2.24, 2.45) is 0 Å². The van der Waals surface area contributed by atoms with Crippen molar-refractivity contribution in [1.29, 1.82) is 10.5 Å². The summed E-state index contributed by atoms with van der Waals surface area (Å²) in [4.78, 5) is 2.13. The zero-order valence-corrected chi connectivity index (χ0v) is 23.7. The van der Waals surface area contributed by atoms with Gasteiger partial charge in [0.15, 0.2) is 11.5 Å². The lowest BCUT2D eigenvalue weighted by molar-refractivity contribution is 0.469. The molecule has 4 aromatic carbocycles. The molecule has 40 heavy (non-hydrogen) atoms. The van der Waals surface area contributed by atoms with Crippen molar-refractivity contribution in [3.05, 3.63) is 95.1 Å². The highest BCUT2D eigenvalue weighted by Gasteiger charge is 2.44. The molecule has 0 atom stereocenters. The number of fused-ring (bicyclic) bond motifs is 4. The van der Waals surface area contributed by atoms with Crippen molar-refractivity contribution in [2.45, 2.75) is 52.4 Å². The van der Waals surface area contributed by atoms with E-state index in [0.29, 0.717) is 34.0 Å². The Morgan fingerprint density at radius 2 is 1.00 bits per heavy atom. The van der Waals surface area contributed by atoms with Crippen LogP contribution >= 0.6 is 0 Å². The maximum absolute atomic E-state index is 10.5. The summed E-state index contributed by atoms with van der Waals surface area (Å²) in [5, 5.41) is 21.0. The summed E-state index contributed by atoms with van der Waals surface area (Å²) in [5.74, 6) is 2.70. The zero-order valence-electron chi connectivity index (χ0n) is 23.7. The van der Waals surface area contributed by atoms with Crippen LogP contribution in [0.3, 0.4) is 0 Å². The Hall–Kier alpha value is -4.68. The van der Waals surface area contributed by atoms with Gasteiger partial charge >= 0.3 is 6.85 Å². The van der Waals surface area contributed by atoms with Gasteiger partial charge in [-0.1, -0.05) is 77.9 Å². The molecule has 6 rings (SSSR count). The second-order valence-electron chi connectivity index (χ2n) is 12.5. The summed E-state index contributed by atoms with van der Waals surface area (Å²) in [6.45, 7) is 12.4. The second-order valence-corrected chi connectivity index (χ2v) is 12.5. The smallest absolute Gasteiger partial charge is 0.336 e. The fourth-order valence-corrected chi connectivity index (χ4v) is 5.56. The van der Waals surface area contributed by atoms with Crippen LogP contribution in [0, 0.1) is 22.7 Å². The summed E-state index contributed by atoms with van der Waals surface area (Å²) in [6.07, 6.45) is 0. The molecule has 2 aliphatic heterocycles. The summed E-state index contributed by atoms with van der Waals surface area (Å²) in [5.41, 5.74) is 5.82. The minimum Gasteiger partial charge on any atom is -0.458 e. The molecule has 4 aromatic rings. The molecule has 5 nitrogen and oxygen atoms in total. The largest absolute Gasteiger partial charge is 0.458 e. The van der Waals surface area contributed by atoms with Crippen molar-refractivity contribution in [3.8, 4) is 35.1 Å². The number of nitriles is 2. The average Bonchev–Trinajstić information content (AvgIpc) is 2.92. The normalized spacial score (nSPS) is 13.5. The van der Waals surface area contributed by atoms with Crippen molar-refractivity contribution in [1.82, 2.24) is 0 Å². The van der Waals surface area contributed by atoms with E-state index in [9.17, 15) is 10.5 Å². The monoisotopic (exact) mass is 523 g/mol. The first-order chi connectivity index (χ1) is 19.0. The molecule has 196 valence electrons. The molecule has 0 spiro atoms. The molecule has 0 radical (unpaired) electrons. The number of benzene rings is 4. The van der Waals surface area contributed by atoms with Gasteiger partial charge in [-0.3, -0.25) is 0 Å². The van der Waals surface area contributed by atoms with Gasteiger partial charge in [-0.25, -0.2) is 0 Å². The number of nitrogens with zero attached hydrogens (tertiary/aromatic N) is 3. The first kappa shape index (κ1) is 25.6. The van der Waals surface area contributed by atoms with Crippen LogP contribution in [-0.2, 0) is 10.8 Å². The summed E-state index contributed by atoms with van der Waals surface area (Å²) >= 11 is 0. The van der Waals surface area contributed by atoms with Gasteiger partial charge < -0.3 is 14.3 Å². The zero-order chi connectivity index (χ0) is 28.4. The second kappa shape index (κ2) is 8.93. The molecule has 0 fully saturated rings. The van der Waals surface area contributed by atoms with E-state index in [2.05, 4.69) is 70.6 Å². The van der Waals surface area contributed by atoms with Crippen LogP contribution in [0.1, 0.15) is 63.8 Å². The van der Waals surface area contributed by atoms with E-state index in [4.69, 9.17) is 9.47 Å². The van der Waals surface area contributed by atoms with Crippen molar-refractivity contribution in [3.63, 3.8) is 0 Å². The van der Waals surface area contributed by atoms with Crippen molar-refractivity contribution >= 4 is 29.1 Å². The van der Waals surface area contributed by atoms with Gasteiger partial charge in [0.25, 0.3) is 0 Å². The summed E-state index contributed by atoms with van der Waals surface area (Å²) in [6, 6.07) is 28.8. The Labute approximate surface area is 236 Å². The Morgan fingerprint density at radius 1 is 0.600 bits per heavy atom. The van der Waals surface area contributed by atoms with Gasteiger partial charge in [-0.15, -0.1) is 0 Å². The molecule has 0 saturated heterocycles. The van der Waals surface area contributed by atoms with Gasteiger partial charge in [0.05, 0.1) is 22.5 Å². The molecule has 0 aliphatic carbocycles. The van der Waals surface area contributed by atoms with E-state index < -0.39 is 0 Å². The van der Waals surface area contributed by atoms with Gasteiger partial charge in [0, 0.05) is 0 Å². The lowest BCUT2D eigenvalue weighted by atomic mass is 9.47. The number of hydrogen-bond donors (Lipinski definition) is 0. The first-order valence-electron chi connectivity index (χ1n) is 13.5. The molecule has 0 aromatic heterocycles. The topological polar surface area (TPSA) is 69.3 Å². The molecule has 0 N–H and O–H groups in total. The first-order valence-corrected chi connectivity index (χ1v) is 13.5. The quantitative estimate of drug-likeness (QED) is 0.247. The van der Waals surface area contributed by atoms with E-state index >= 15 is 0 Å². The predicted octanol–water partition coefficient (Wildman–Crippen LogP) is 7.18. The highest BCUT2D eigenvalue weighted by molar-refractivity contribution is 6.90. The van der Waals surface area contributed by atoms with E-state index in [0.717, 1.165) is 33.6 Å². The van der Waals surface area contributed by atoms with Crippen LogP contribution in [0.4, 0.5) is 11.4 Å². The minimum absolute atomic E-state index is 0.196. The third kappa shape index (κ3) is 4.00. The summed E-state index contributed by atoms with van der Waals surface area (Å²) < 4.78 is 13.0. The highest BCUT2D eigenvalue weighted by atomic mass is 16.5. The van der Waals surface area contributed by atoms with E-state index in [1.54, 1.807) is 0 Å². The lowest BCUT2D eigenvalue weighted by Gasteiger charge is -2.41. The third-order valence-electron chi connectivity index (χ3n) is 7.73. The Kier molecular flexibility index (Phi) is 5.72. The maximum Gasteiger partial charge on any atom is 0.336 e. The van der Waals surface area contributed by atoms with Crippen LogP contribution in [0.5, 0.6) is 23.0 Å². The Balaban J connectivity index is 1.74. The fraction of sp³-hybridized carbons (Fsp3) is 0.235. The van der Waals surface area contributed by atoms with Crippen molar-refractivity contribution < 1.29 is 9.47 Å².